The summed E-state index contributed by atoms with van der Waals surface area (Å²) in [5.74, 6) is 0. The van der Waals surface area contributed by atoms with Gasteiger partial charge in [0.25, 0.3) is 0 Å². The van der Waals surface area contributed by atoms with Crippen molar-refractivity contribution in [2.75, 3.05) is 26.7 Å². The van der Waals surface area contributed by atoms with Crippen molar-refractivity contribution in [3.05, 3.63) is 30.0 Å². The summed E-state index contributed by atoms with van der Waals surface area (Å²) in [5, 5.41) is 12.0. The van der Waals surface area contributed by atoms with Crippen LogP contribution in [0.2, 0.25) is 0 Å². The number of aromatic amines is 1. The lowest BCUT2D eigenvalue weighted by Gasteiger charge is -2.15. The summed E-state index contributed by atoms with van der Waals surface area (Å²) < 4.78 is 0. The molecule has 0 radical (unpaired) electrons. The van der Waals surface area contributed by atoms with Gasteiger partial charge < -0.3 is 5.32 Å². The van der Waals surface area contributed by atoms with Crippen molar-refractivity contribution in [2.24, 2.45) is 0 Å². The van der Waals surface area contributed by atoms with E-state index >= 15 is 0 Å². The highest BCUT2D eigenvalue weighted by Gasteiger charge is 2.06. The minimum absolute atomic E-state index is 0.909. The zero-order valence-corrected chi connectivity index (χ0v) is 10.5. The molecule has 1 aromatic carbocycles. The van der Waals surface area contributed by atoms with Crippen LogP contribution in [0.15, 0.2) is 24.3 Å². The van der Waals surface area contributed by atoms with Gasteiger partial charge in [-0.1, -0.05) is 25.1 Å². The lowest BCUT2D eigenvalue weighted by molar-refractivity contribution is 0.323. The maximum atomic E-state index is 4.30. The number of benzene rings is 1. The van der Waals surface area contributed by atoms with Crippen molar-refractivity contribution >= 4 is 10.9 Å². The van der Waals surface area contributed by atoms with E-state index in [2.05, 4.69) is 46.5 Å². The van der Waals surface area contributed by atoms with Crippen molar-refractivity contribution in [3.8, 4) is 0 Å². The third-order valence-corrected chi connectivity index (χ3v) is 2.89. The Bertz CT molecular complexity index is 463. The number of hydrogen-bond acceptors (Lipinski definition) is 3. The summed E-state index contributed by atoms with van der Waals surface area (Å²) in [6.45, 7) is 6.13. The summed E-state index contributed by atoms with van der Waals surface area (Å²) in [5.41, 5.74) is 2.24. The molecule has 0 saturated carbocycles. The number of H-pyrrole nitrogens is 1. The van der Waals surface area contributed by atoms with Gasteiger partial charge in [0.15, 0.2) is 0 Å². The molecule has 0 unspecified atom stereocenters. The molecule has 0 aliphatic heterocycles. The van der Waals surface area contributed by atoms with Crippen molar-refractivity contribution < 1.29 is 0 Å². The van der Waals surface area contributed by atoms with E-state index in [4.69, 9.17) is 0 Å². The number of nitrogens with one attached hydrogen (secondary N) is 2. The third-order valence-electron chi connectivity index (χ3n) is 2.89. The van der Waals surface area contributed by atoms with Crippen molar-refractivity contribution in [1.29, 1.82) is 0 Å². The third kappa shape index (κ3) is 3.05. The molecule has 0 bridgehead atoms. The van der Waals surface area contributed by atoms with Gasteiger partial charge in [-0.15, -0.1) is 0 Å². The van der Waals surface area contributed by atoms with Gasteiger partial charge in [0.1, 0.15) is 0 Å². The average Bonchev–Trinajstić information content (AvgIpc) is 2.73. The highest BCUT2D eigenvalue weighted by molar-refractivity contribution is 5.81. The molecule has 4 nitrogen and oxygen atoms in total. The Hall–Kier alpha value is -1.39. The second-order valence-corrected chi connectivity index (χ2v) is 4.31. The van der Waals surface area contributed by atoms with Crippen LogP contribution < -0.4 is 5.32 Å². The summed E-state index contributed by atoms with van der Waals surface area (Å²) in [7, 11) is 2.13. The summed E-state index contributed by atoms with van der Waals surface area (Å²) in [6.07, 6.45) is 0. The van der Waals surface area contributed by atoms with E-state index in [9.17, 15) is 0 Å². The fourth-order valence-corrected chi connectivity index (χ4v) is 1.93. The smallest absolute Gasteiger partial charge is 0.0924 e. The fraction of sp³-hybridized carbons (Fsp3) is 0.462. The maximum absolute atomic E-state index is 4.30. The molecule has 0 fully saturated rings. The first kappa shape index (κ1) is 12.1. The zero-order chi connectivity index (χ0) is 12.1. The lowest BCUT2D eigenvalue weighted by atomic mass is 10.2. The first-order chi connectivity index (χ1) is 8.31. The Kier molecular flexibility index (Phi) is 4.12. The van der Waals surface area contributed by atoms with E-state index in [1.54, 1.807) is 0 Å². The Morgan fingerprint density at radius 3 is 3.00 bits per heavy atom. The fourth-order valence-electron chi connectivity index (χ4n) is 1.93. The standard InChI is InChI=1S/C13H20N4/c1-3-14-8-9-17(2)10-13-11-6-4-5-7-12(11)15-16-13/h4-7,14H,3,8-10H2,1-2H3,(H,15,16). The van der Waals surface area contributed by atoms with Gasteiger partial charge >= 0.3 is 0 Å². The van der Waals surface area contributed by atoms with Crippen molar-refractivity contribution in [1.82, 2.24) is 20.4 Å². The van der Waals surface area contributed by atoms with Crippen LogP contribution in [-0.2, 0) is 6.54 Å². The second-order valence-electron chi connectivity index (χ2n) is 4.31. The molecule has 4 heteroatoms. The van der Waals surface area contributed by atoms with Gasteiger partial charge in [-0.2, -0.15) is 5.10 Å². The van der Waals surface area contributed by atoms with E-state index in [0.29, 0.717) is 0 Å². The molecule has 92 valence electrons. The van der Waals surface area contributed by atoms with Gasteiger partial charge in [0, 0.05) is 25.0 Å². The molecule has 0 atom stereocenters. The SMILES string of the molecule is CCNCCN(C)Cc1[nH]nc2ccccc12. The number of fused-ring (bicyclic) bond motifs is 1. The molecule has 2 aromatic rings. The quantitative estimate of drug-likeness (QED) is 0.744. The Morgan fingerprint density at radius 2 is 2.18 bits per heavy atom. The molecule has 0 spiro atoms. The van der Waals surface area contributed by atoms with E-state index in [1.807, 2.05) is 12.1 Å². The van der Waals surface area contributed by atoms with Crippen molar-refractivity contribution in [2.45, 2.75) is 13.5 Å². The number of nitrogens with zero attached hydrogens (tertiary/aromatic N) is 2. The highest BCUT2D eigenvalue weighted by Crippen LogP contribution is 2.15. The molecule has 0 amide bonds. The van der Waals surface area contributed by atoms with E-state index < -0.39 is 0 Å². The van der Waals surface area contributed by atoms with Crippen LogP contribution in [0.3, 0.4) is 0 Å². The van der Waals surface area contributed by atoms with E-state index in [0.717, 1.165) is 31.7 Å². The van der Waals surface area contributed by atoms with Gasteiger partial charge in [0.2, 0.25) is 0 Å². The van der Waals surface area contributed by atoms with Crippen LogP contribution in [0, 0.1) is 0 Å². The monoisotopic (exact) mass is 232 g/mol. The molecule has 2 N–H and O–H groups in total. The normalized spacial score (nSPS) is 11.5. The van der Waals surface area contributed by atoms with Gasteiger partial charge in [-0.05, 0) is 19.7 Å². The lowest BCUT2D eigenvalue weighted by Crippen LogP contribution is -2.28. The van der Waals surface area contributed by atoms with Crippen LogP contribution in [-0.4, -0.2) is 41.8 Å². The average molecular weight is 232 g/mol. The number of aromatic nitrogens is 2. The number of hydrogen-bond donors (Lipinski definition) is 2. The molecule has 1 aromatic heterocycles. The molecule has 1 heterocycles. The predicted octanol–water partition coefficient (Wildman–Crippen LogP) is 1.60. The molecule has 0 saturated heterocycles. The molecular weight excluding hydrogens is 212 g/mol. The first-order valence-corrected chi connectivity index (χ1v) is 6.12. The van der Waals surface area contributed by atoms with Crippen molar-refractivity contribution in [3.63, 3.8) is 0 Å². The minimum atomic E-state index is 0.909. The molecule has 0 aliphatic rings. The Balaban J connectivity index is 1.98. The molecule has 17 heavy (non-hydrogen) atoms. The number of rotatable bonds is 6. The maximum Gasteiger partial charge on any atom is 0.0924 e. The second kappa shape index (κ2) is 5.80. The highest BCUT2D eigenvalue weighted by atomic mass is 15.2. The van der Waals surface area contributed by atoms with Crippen LogP contribution in [0.4, 0.5) is 0 Å². The summed E-state index contributed by atoms with van der Waals surface area (Å²) >= 11 is 0. The van der Waals surface area contributed by atoms with E-state index in [-0.39, 0.29) is 0 Å². The topological polar surface area (TPSA) is 44.0 Å². The largest absolute Gasteiger partial charge is 0.316 e. The van der Waals surface area contributed by atoms with Gasteiger partial charge in [-0.3, -0.25) is 10.00 Å². The number of likely N-dealkylation sites (N-methyl/N-ethyl adjacent to an activating group) is 2. The summed E-state index contributed by atoms with van der Waals surface area (Å²) in [4.78, 5) is 2.29. The van der Waals surface area contributed by atoms with Crippen LogP contribution in [0.5, 0.6) is 0 Å². The van der Waals surface area contributed by atoms with Crippen LogP contribution in [0.1, 0.15) is 12.6 Å². The molecular formula is C13H20N4. The summed E-state index contributed by atoms with van der Waals surface area (Å²) in [6, 6.07) is 8.22. The Morgan fingerprint density at radius 1 is 1.35 bits per heavy atom. The van der Waals surface area contributed by atoms with Crippen LogP contribution >= 0.6 is 0 Å². The van der Waals surface area contributed by atoms with Crippen LogP contribution in [0.25, 0.3) is 10.9 Å². The van der Waals surface area contributed by atoms with E-state index in [1.165, 1.54) is 11.1 Å². The molecule has 0 aliphatic carbocycles. The van der Waals surface area contributed by atoms with Gasteiger partial charge in [0.05, 0.1) is 11.2 Å². The minimum Gasteiger partial charge on any atom is -0.316 e. The number of para-hydroxylation sites is 1. The Labute approximate surface area is 102 Å². The molecule has 2 rings (SSSR count). The zero-order valence-electron chi connectivity index (χ0n) is 10.5. The van der Waals surface area contributed by atoms with Gasteiger partial charge in [-0.25, -0.2) is 0 Å². The first-order valence-electron chi connectivity index (χ1n) is 6.12. The predicted molar refractivity (Wildman–Crippen MR) is 71.0 cm³/mol.